The maximum absolute atomic E-state index is 12.5. The molecular formula is C21H23N3O2S. The molecule has 1 atom stereocenters. The second kappa shape index (κ2) is 8.77. The van der Waals surface area contributed by atoms with Crippen LogP contribution in [-0.2, 0) is 11.3 Å². The van der Waals surface area contributed by atoms with Gasteiger partial charge in [-0.25, -0.2) is 4.98 Å². The summed E-state index contributed by atoms with van der Waals surface area (Å²) in [5.74, 6) is 0.734. The minimum atomic E-state index is -0.273. The number of benzene rings is 2. The van der Waals surface area contributed by atoms with Crippen molar-refractivity contribution >= 4 is 17.7 Å². The maximum Gasteiger partial charge on any atom is 0.233 e. The summed E-state index contributed by atoms with van der Waals surface area (Å²) < 4.78 is 7.33. The number of aromatic nitrogens is 2. The lowest BCUT2D eigenvalue weighted by molar-refractivity contribution is -0.120. The molecule has 5 nitrogen and oxygen atoms in total. The number of para-hydroxylation sites is 1. The molecule has 0 saturated carbocycles. The number of hydrogen-bond donors (Lipinski definition) is 1. The van der Waals surface area contributed by atoms with Gasteiger partial charge in [0.05, 0.1) is 12.4 Å². The largest absolute Gasteiger partial charge is 0.496 e. The maximum atomic E-state index is 12.5. The Morgan fingerprint density at radius 1 is 1.26 bits per heavy atom. The van der Waals surface area contributed by atoms with Gasteiger partial charge < -0.3 is 10.1 Å². The van der Waals surface area contributed by atoms with Crippen LogP contribution in [-0.4, -0.2) is 27.8 Å². The summed E-state index contributed by atoms with van der Waals surface area (Å²) in [5.41, 5.74) is 3.17. The van der Waals surface area contributed by atoms with Gasteiger partial charge in [-0.1, -0.05) is 42.1 Å². The number of aryl methyl sites for hydroxylation is 1. The SMILES string of the molecule is COc1ccccc1CNC(=O)C(C)Sc1nccn1-c1cccc(C)c1. The average Bonchev–Trinajstić information content (AvgIpc) is 3.14. The fourth-order valence-corrected chi connectivity index (χ4v) is 3.65. The van der Waals surface area contributed by atoms with Gasteiger partial charge >= 0.3 is 0 Å². The molecular weight excluding hydrogens is 358 g/mol. The Morgan fingerprint density at radius 2 is 2.07 bits per heavy atom. The third kappa shape index (κ3) is 4.71. The van der Waals surface area contributed by atoms with Crippen LogP contribution in [0.25, 0.3) is 5.69 Å². The number of imidazole rings is 1. The van der Waals surface area contributed by atoms with Crippen molar-refractivity contribution in [2.75, 3.05) is 7.11 Å². The number of hydrogen-bond acceptors (Lipinski definition) is 4. The monoisotopic (exact) mass is 381 g/mol. The summed E-state index contributed by atoms with van der Waals surface area (Å²) in [6, 6.07) is 15.9. The van der Waals surface area contributed by atoms with Gasteiger partial charge in [-0.05, 0) is 37.6 Å². The molecule has 3 aromatic rings. The van der Waals surface area contributed by atoms with E-state index in [1.165, 1.54) is 17.3 Å². The van der Waals surface area contributed by atoms with Crippen LogP contribution < -0.4 is 10.1 Å². The lowest BCUT2D eigenvalue weighted by atomic mass is 10.2. The number of nitrogens with one attached hydrogen (secondary N) is 1. The molecule has 6 heteroatoms. The van der Waals surface area contributed by atoms with Gasteiger partial charge in [-0.15, -0.1) is 0 Å². The molecule has 1 aromatic heterocycles. The van der Waals surface area contributed by atoms with E-state index >= 15 is 0 Å². The van der Waals surface area contributed by atoms with Crippen molar-refractivity contribution in [1.82, 2.24) is 14.9 Å². The van der Waals surface area contributed by atoms with Crippen molar-refractivity contribution in [2.24, 2.45) is 0 Å². The molecule has 0 aliphatic rings. The third-order valence-electron chi connectivity index (χ3n) is 4.18. The second-order valence-electron chi connectivity index (χ2n) is 6.21. The highest BCUT2D eigenvalue weighted by atomic mass is 32.2. The Hall–Kier alpha value is -2.73. The number of carbonyl (C=O) groups excluding carboxylic acids is 1. The molecule has 140 valence electrons. The molecule has 0 aliphatic carbocycles. The van der Waals surface area contributed by atoms with Gasteiger partial charge in [-0.2, -0.15) is 0 Å². The molecule has 27 heavy (non-hydrogen) atoms. The first-order chi connectivity index (χ1) is 13.1. The fourth-order valence-electron chi connectivity index (χ4n) is 2.74. The van der Waals surface area contributed by atoms with E-state index in [2.05, 4.69) is 29.4 Å². The van der Waals surface area contributed by atoms with Gasteiger partial charge in [-0.3, -0.25) is 9.36 Å². The first kappa shape index (κ1) is 19.0. The average molecular weight is 382 g/mol. The summed E-state index contributed by atoms with van der Waals surface area (Å²) in [4.78, 5) is 17.0. The summed E-state index contributed by atoms with van der Waals surface area (Å²) in [6.07, 6.45) is 3.67. The number of thioether (sulfide) groups is 1. The van der Waals surface area contributed by atoms with Crippen LogP contribution in [0.15, 0.2) is 66.1 Å². The van der Waals surface area contributed by atoms with Gasteiger partial charge in [0.15, 0.2) is 5.16 Å². The predicted octanol–water partition coefficient (Wildman–Crippen LogP) is 3.99. The Kier molecular flexibility index (Phi) is 6.19. The number of ether oxygens (including phenoxy) is 1. The molecule has 1 unspecified atom stereocenters. The standard InChI is InChI=1S/C21H23N3O2S/c1-15-7-6-9-18(13-15)24-12-11-22-21(24)27-16(2)20(25)23-14-17-8-4-5-10-19(17)26-3/h4-13,16H,14H2,1-3H3,(H,23,25). The van der Waals surface area contributed by atoms with Crippen LogP contribution in [0.1, 0.15) is 18.1 Å². The normalized spacial score (nSPS) is 11.8. The number of rotatable bonds is 7. The van der Waals surface area contributed by atoms with Gasteiger partial charge in [0.1, 0.15) is 5.75 Å². The zero-order chi connectivity index (χ0) is 19.2. The number of amides is 1. The number of carbonyl (C=O) groups is 1. The molecule has 3 rings (SSSR count). The summed E-state index contributed by atoms with van der Waals surface area (Å²) in [5, 5.41) is 3.50. The molecule has 0 aliphatic heterocycles. The zero-order valence-corrected chi connectivity index (χ0v) is 16.5. The van der Waals surface area contributed by atoms with Crippen LogP contribution in [0.5, 0.6) is 5.75 Å². The predicted molar refractivity (Wildman–Crippen MR) is 108 cm³/mol. The van der Waals surface area contributed by atoms with E-state index in [-0.39, 0.29) is 11.2 Å². The summed E-state index contributed by atoms with van der Waals surface area (Å²) >= 11 is 1.44. The van der Waals surface area contributed by atoms with Crippen LogP contribution in [0.4, 0.5) is 0 Å². The van der Waals surface area contributed by atoms with Crippen molar-refractivity contribution < 1.29 is 9.53 Å². The number of nitrogens with zero attached hydrogens (tertiary/aromatic N) is 2. The Labute approximate surface area is 163 Å². The van der Waals surface area contributed by atoms with Crippen LogP contribution in [0.3, 0.4) is 0 Å². The third-order valence-corrected chi connectivity index (χ3v) is 5.26. The minimum Gasteiger partial charge on any atom is -0.496 e. The molecule has 1 heterocycles. The van der Waals surface area contributed by atoms with E-state index in [0.29, 0.717) is 6.54 Å². The highest BCUT2D eigenvalue weighted by Gasteiger charge is 2.18. The smallest absolute Gasteiger partial charge is 0.233 e. The van der Waals surface area contributed by atoms with Crippen LogP contribution in [0, 0.1) is 6.92 Å². The molecule has 0 bridgehead atoms. The van der Waals surface area contributed by atoms with Crippen LogP contribution in [0.2, 0.25) is 0 Å². The zero-order valence-electron chi connectivity index (χ0n) is 15.7. The Bertz CT molecular complexity index is 923. The van der Waals surface area contributed by atoms with E-state index in [4.69, 9.17) is 4.74 Å². The molecule has 1 amide bonds. The van der Waals surface area contributed by atoms with Gasteiger partial charge in [0.25, 0.3) is 0 Å². The first-order valence-corrected chi connectivity index (χ1v) is 9.63. The second-order valence-corrected chi connectivity index (χ2v) is 7.52. The van der Waals surface area contributed by atoms with Crippen molar-refractivity contribution in [1.29, 1.82) is 0 Å². The van der Waals surface area contributed by atoms with E-state index in [0.717, 1.165) is 22.2 Å². The van der Waals surface area contributed by atoms with E-state index < -0.39 is 0 Å². The van der Waals surface area contributed by atoms with Crippen LogP contribution >= 0.6 is 11.8 Å². The topological polar surface area (TPSA) is 56.1 Å². The Balaban J connectivity index is 1.65. The fraction of sp³-hybridized carbons (Fsp3) is 0.238. The van der Waals surface area contributed by atoms with Crippen molar-refractivity contribution in [3.8, 4) is 11.4 Å². The minimum absolute atomic E-state index is 0.0373. The first-order valence-electron chi connectivity index (χ1n) is 8.75. The highest BCUT2D eigenvalue weighted by molar-refractivity contribution is 8.00. The van der Waals surface area contributed by atoms with E-state index in [1.54, 1.807) is 13.3 Å². The number of methoxy groups -OCH3 is 1. The Morgan fingerprint density at radius 3 is 2.85 bits per heavy atom. The lowest BCUT2D eigenvalue weighted by Crippen LogP contribution is -2.30. The van der Waals surface area contributed by atoms with Crippen molar-refractivity contribution in [2.45, 2.75) is 30.8 Å². The van der Waals surface area contributed by atoms with E-state index in [1.807, 2.05) is 54.1 Å². The molecule has 0 radical (unpaired) electrons. The van der Waals surface area contributed by atoms with Gasteiger partial charge in [0, 0.05) is 30.2 Å². The molecule has 1 N–H and O–H groups in total. The van der Waals surface area contributed by atoms with E-state index in [9.17, 15) is 4.79 Å². The molecule has 0 spiro atoms. The van der Waals surface area contributed by atoms with Crippen molar-refractivity contribution in [3.05, 3.63) is 72.1 Å². The molecule has 0 fully saturated rings. The quantitative estimate of drug-likeness (QED) is 0.629. The summed E-state index contributed by atoms with van der Waals surface area (Å²) in [6.45, 7) is 4.37. The highest BCUT2D eigenvalue weighted by Crippen LogP contribution is 2.25. The molecule has 0 saturated heterocycles. The van der Waals surface area contributed by atoms with Crippen molar-refractivity contribution in [3.63, 3.8) is 0 Å². The lowest BCUT2D eigenvalue weighted by Gasteiger charge is -2.14. The summed E-state index contributed by atoms with van der Waals surface area (Å²) in [7, 11) is 1.63. The van der Waals surface area contributed by atoms with Gasteiger partial charge in [0.2, 0.25) is 5.91 Å². The molecule has 2 aromatic carbocycles.